The van der Waals surface area contributed by atoms with Gasteiger partial charge in [-0.15, -0.1) is 0 Å². The number of hydrogen-bond acceptors (Lipinski definition) is 5. The first kappa shape index (κ1) is 14.2. The van der Waals surface area contributed by atoms with Crippen molar-refractivity contribution >= 4 is 15.8 Å². The van der Waals surface area contributed by atoms with Crippen molar-refractivity contribution in [1.29, 1.82) is 0 Å². The second kappa shape index (κ2) is 4.44. The van der Waals surface area contributed by atoms with Crippen LogP contribution >= 0.6 is 0 Å². The fraction of sp³-hybridized carbons (Fsp3) is 0.250. The van der Waals surface area contributed by atoms with E-state index in [2.05, 4.69) is 4.18 Å². The fourth-order valence-corrected chi connectivity index (χ4v) is 1.52. The average molecular weight is 285 g/mol. The molecule has 0 N–H and O–H groups in total. The maximum atomic E-state index is 12.0. The van der Waals surface area contributed by atoms with Crippen LogP contribution in [0, 0.1) is 17.0 Å². The Bertz CT molecular complexity index is 581. The van der Waals surface area contributed by atoms with E-state index >= 15 is 0 Å². The van der Waals surface area contributed by atoms with E-state index in [1.807, 2.05) is 0 Å². The highest BCUT2D eigenvalue weighted by Crippen LogP contribution is 2.30. The molecule has 0 saturated heterocycles. The molecule has 0 bridgehead atoms. The lowest BCUT2D eigenvalue weighted by molar-refractivity contribution is -0.384. The molecule has 1 rings (SSSR count). The van der Waals surface area contributed by atoms with Crippen molar-refractivity contribution in [3.05, 3.63) is 33.9 Å². The standard InChI is InChI=1S/C8H6F3NO5S/c1-5-4-6(12(13)14)2-3-7(5)17-18(15,16)8(9,10)11/h2-4H,1H3. The van der Waals surface area contributed by atoms with E-state index in [0.29, 0.717) is 0 Å². The molecular weight excluding hydrogens is 279 g/mol. The number of non-ortho nitro benzene ring substituents is 1. The number of alkyl halides is 3. The van der Waals surface area contributed by atoms with Gasteiger partial charge in [-0.05, 0) is 18.6 Å². The summed E-state index contributed by atoms with van der Waals surface area (Å²) >= 11 is 0. The van der Waals surface area contributed by atoms with Crippen molar-refractivity contribution in [2.24, 2.45) is 0 Å². The molecule has 0 atom stereocenters. The summed E-state index contributed by atoms with van der Waals surface area (Å²) in [6, 6.07) is 2.53. The second-order valence-corrected chi connectivity index (χ2v) is 4.73. The lowest BCUT2D eigenvalue weighted by atomic mass is 10.2. The van der Waals surface area contributed by atoms with E-state index < -0.39 is 26.3 Å². The summed E-state index contributed by atoms with van der Waals surface area (Å²) in [6.45, 7) is 1.19. The summed E-state index contributed by atoms with van der Waals surface area (Å²) in [5.41, 5.74) is -6.04. The monoisotopic (exact) mass is 285 g/mol. The summed E-state index contributed by atoms with van der Waals surface area (Å²) in [6.07, 6.45) is 0. The van der Waals surface area contributed by atoms with Gasteiger partial charge in [-0.3, -0.25) is 10.1 Å². The van der Waals surface area contributed by atoms with Gasteiger partial charge in [0.2, 0.25) is 0 Å². The van der Waals surface area contributed by atoms with Gasteiger partial charge in [0, 0.05) is 12.1 Å². The minimum absolute atomic E-state index is 0.1000. The third-order valence-electron chi connectivity index (χ3n) is 1.85. The van der Waals surface area contributed by atoms with Crippen molar-refractivity contribution in [3.8, 4) is 5.75 Å². The van der Waals surface area contributed by atoms with Crippen LogP contribution in [0.1, 0.15) is 5.56 Å². The van der Waals surface area contributed by atoms with Crippen LogP contribution in [0.25, 0.3) is 0 Å². The molecule has 0 aliphatic rings. The number of benzene rings is 1. The second-order valence-electron chi connectivity index (χ2n) is 3.19. The molecular formula is C8H6F3NO5S. The normalized spacial score (nSPS) is 12.2. The third-order valence-corrected chi connectivity index (χ3v) is 2.82. The van der Waals surface area contributed by atoms with Crippen molar-refractivity contribution in [1.82, 2.24) is 0 Å². The summed E-state index contributed by atoms with van der Waals surface area (Å²) in [7, 11) is -5.78. The molecule has 0 aliphatic heterocycles. The predicted octanol–water partition coefficient (Wildman–Crippen LogP) is 2.13. The number of hydrogen-bond donors (Lipinski definition) is 0. The zero-order valence-corrected chi connectivity index (χ0v) is 9.58. The van der Waals surface area contributed by atoms with E-state index in [9.17, 15) is 31.7 Å². The molecule has 0 radical (unpaired) electrons. The molecule has 0 spiro atoms. The summed E-state index contributed by atoms with van der Waals surface area (Å²) in [5, 5.41) is 10.4. The lowest BCUT2D eigenvalue weighted by Crippen LogP contribution is -2.28. The van der Waals surface area contributed by atoms with Crippen LogP contribution < -0.4 is 4.18 Å². The zero-order valence-electron chi connectivity index (χ0n) is 8.76. The van der Waals surface area contributed by atoms with Crippen LogP contribution in [-0.4, -0.2) is 18.8 Å². The number of nitro groups is 1. The van der Waals surface area contributed by atoms with E-state index in [1.54, 1.807) is 0 Å². The molecule has 1 aromatic rings. The number of nitro benzene ring substituents is 1. The molecule has 6 nitrogen and oxygen atoms in total. The molecule has 18 heavy (non-hydrogen) atoms. The zero-order chi connectivity index (χ0) is 14.1. The molecule has 10 heteroatoms. The number of nitrogens with zero attached hydrogens (tertiary/aromatic N) is 1. The first-order chi connectivity index (χ1) is 8.04. The van der Waals surface area contributed by atoms with Gasteiger partial charge >= 0.3 is 15.6 Å². The van der Waals surface area contributed by atoms with Crippen molar-refractivity contribution in [3.63, 3.8) is 0 Å². The fourth-order valence-electron chi connectivity index (χ4n) is 1.01. The van der Waals surface area contributed by atoms with Crippen LogP contribution in [0.4, 0.5) is 18.9 Å². The minimum atomic E-state index is -5.78. The van der Waals surface area contributed by atoms with Gasteiger partial charge in [0.15, 0.2) is 0 Å². The average Bonchev–Trinajstić information content (AvgIpc) is 2.18. The van der Waals surface area contributed by atoms with E-state index in [0.717, 1.165) is 18.2 Å². The Balaban J connectivity index is 3.11. The minimum Gasteiger partial charge on any atom is -0.376 e. The maximum absolute atomic E-state index is 12.0. The Hall–Kier alpha value is -1.84. The van der Waals surface area contributed by atoms with Crippen LogP contribution in [0.2, 0.25) is 0 Å². The molecule has 0 heterocycles. The summed E-state index contributed by atoms with van der Waals surface area (Å²) < 4.78 is 61.4. The molecule has 0 aromatic heterocycles. The first-order valence-electron chi connectivity index (χ1n) is 4.30. The van der Waals surface area contributed by atoms with Gasteiger partial charge < -0.3 is 4.18 Å². The van der Waals surface area contributed by atoms with Crippen molar-refractivity contribution in [2.75, 3.05) is 0 Å². The molecule has 0 fully saturated rings. The highest BCUT2D eigenvalue weighted by atomic mass is 32.2. The smallest absolute Gasteiger partial charge is 0.376 e. The van der Waals surface area contributed by atoms with Crippen LogP contribution in [-0.2, 0) is 10.1 Å². The van der Waals surface area contributed by atoms with Gasteiger partial charge in [0.25, 0.3) is 5.69 Å². The Morgan fingerprint density at radius 2 is 1.89 bits per heavy atom. The summed E-state index contributed by atoms with van der Waals surface area (Å²) in [5.74, 6) is -0.613. The van der Waals surface area contributed by atoms with E-state index in [4.69, 9.17) is 0 Å². The molecule has 1 aromatic carbocycles. The highest BCUT2D eigenvalue weighted by molar-refractivity contribution is 7.88. The Morgan fingerprint density at radius 1 is 1.33 bits per heavy atom. The van der Waals surface area contributed by atoms with Gasteiger partial charge in [-0.2, -0.15) is 21.6 Å². The van der Waals surface area contributed by atoms with Crippen molar-refractivity contribution in [2.45, 2.75) is 12.4 Å². The maximum Gasteiger partial charge on any atom is 0.534 e. The van der Waals surface area contributed by atoms with Gasteiger partial charge in [-0.25, -0.2) is 0 Å². The van der Waals surface area contributed by atoms with Gasteiger partial charge in [0.1, 0.15) is 5.75 Å². The Morgan fingerprint density at radius 3 is 2.28 bits per heavy atom. The number of rotatable bonds is 3. The summed E-state index contributed by atoms with van der Waals surface area (Å²) in [4.78, 5) is 9.61. The van der Waals surface area contributed by atoms with Gasteiger partial charge in [0.05, 0.1) is 4.92 Å². The number of aryl methyl sites for hydroxylation is 1. The highest BCUT2D eigenvalue weighted by Gasteiger charge is 2.48. The topological polar surface area (TPSA) is 86.5 Å². The van der Waals surface area contributed by atoms with E-state index in [-0.39, 0.29) is 11.3 Å². The number of halogens is 3. The van der Waals surface area contributed by atoms with Crippen LogP contribution in [0.5, 0.6) is 5.75 Å². The third kappa shape index (κ3) is 2.88. The lowest BCUT2D eigenvalue weighted by Gasteiger charge is -2.10. The largest absolute Gasteiger partial charge is 0.534 e. The molecule has 0 unspecified atom stereocenters. The quantitative estimate of drug-likeness (QED) is 0.367. The van der Waals surface area contributed by atoms with Crippen molar-refractivity contribution < 1.29 is 30.7 Å². The molecule has 0 aliphatic carbocycles. The predicted molar refractivity (Wildman–Crippen MR) is 53.4 cm³/mol. The molecule has 100 valence electrons. The molecule has 0 amide bonds. The van der Waals surface area contributed by atoms with E-state index in [1.165, 1.54) is 6.92 Å². The van der Waals surface area contributed by atoms with Crippen LogP contribution in [0.15, 0.2) is 18.2 Å². The van der Waals surface area contributed by atoms with Crippen LogP contribution in [0.3, 0.4) is 0 Å². The Labute approximate surface area is 99.3 Å². The van der Waals surface area contributed by atoms with Gasteiger partial charge in [-0.1, -0.05) is 0 Å². The Kier molecular flexibility index (Phi) is 3.51. The first-order valence-corrected chi connectivity index (χ1v) is 5.71. The SMILES string of the molecule is Cc1cc([N+](=O)[O-])ccc1OS(=O)(=O)C(F)(F)F. The molecule has 0 saturated carbocycles.